The third-order valence-corrected chi connectivity index (χ3v) is 3.33. The largest absolute Gasteiger partial charge is 0.454 e. The molecule has 1 aliphatic heterocycles. The number of nitrogens with zero attached hydrogens (tertiary/aromatic N) is 3. The Morgan fingerprint density at radius 3 is 2.71 bits per heavy atom. The zero-order valence-corrected chi connectivity index (χ0v) is 10.6. The monoisotopic (exact) mass is 295 g/mol. The molecule has 6 heteroatoms. The molecule has 1 saturated heterocycles. The molecule has 2 rings (SSSR count). The molecule has 0 N–H and O–H groups in total. The number of hydrogen-bond donors (Lipinski definition) is 0. The van der Waals surface area contributed by atoms with E-state index in [1.165, 1.54) is 0 Å². The molecule has 1 aromatic carbocycles. The second-order valence-electron chi connectivity index (χ2n) is 3.86. The van der Waals surface area contributed by atoms with Crippen LogP contribution in [-0.4, -0.2) is 12.5 Å². The van der Waals surface area contributed by atoms with Crippen molar-refractivity contribution in [2.45, 2.75) is 18.4 Å². The smallest absolute Gasteiger partial charge is 0.306 e. The SMILES string of the molecule is [N-]=[N+]=NCC1(c2ccc(Br)cc2)CCC(=O)O1. The highest BCUT2D eigenvalue weighted by Gasteiger charge is 2.41. The normalized spacial score (nSPS) is 23.0. The Morgan fingerprint density at radius 1 is 1.47 bits per heavy atom. The predicted octanol–water partition coefficient (Wildman–Crippen LogP) is 3.29. The maximum atomic E-state index is 11.3. The van der Waals surface area contributed by atoms with E-state index in [9.17, 15) is 4.79 Å². The number of benzene rings is 1. The minimum Gasteiger partial charge on any atom is -0.454 e. The summed E-state index contributed by atoms with van der Waals surface area (Å²) in [6, 6.07) is 7.49. The summed E-state index contributed by atoms with van der Waals surface area (Å²) in [4.78, 5) is 14.0. The van der Waals surface area contributed by atoms with Crippen molar-refractivity contribution in [3.63, 3.8) is 0 Å². The number of cyclic esters (lactones) is 1. The van der Waals surface area contributed by atoms with E-state index in [2.05, 4.69) is 26.0 Å². The van der Waals surface area contributed by atoms with Crippen LogP contribution >= 0.6 is 15.9 Å². The van der Waals surface area contributed by atoms with Crippen molar-refractivity contribution in [1.82, 2.24) is 0 Å². The van der Waals surface area contributed by atoms with Gasteiger partial charge in [0, 0.05) is 22.2 Å². The number of ether oxygens (including phenoxy) is 1. The fourth-order valence-corrected chi connectivity index (χ4v) is 2.19. The van der Waals surface area contributed by atoms with Gasteiger partial charge in [-0.25, -0.2) is 0 Å². The Kier molecular flexibility index (Phi) is 3.36. The molecule has 0 aliphatic carbocycles. The quantitative estimate of drug-likeness (QED) is 0.371. The molecule has 1 fully saturated rings. The van der Waals surface area contributed by atoms with Gasteiger partial charge in [0.25, 0.3) is 0 Å². The summed E-state index contributed by atoms with van der Waals surface area (Å²) in [5.41, 5.74) is 8.48. The molecule has 1 heterocycles. The van der Waals surface area contributed by atoms with Crippen molar-refractivity contribution in [1.29, 1.82) is 0 Å². The molecule has 88 valence electrons. The molecule has 0 amide bonds. The van der Waals surface area contributed by atoms with Gasteiger partial charge in [-0.1, -0.05) is 33.2 Å². The molecule has 0 radical (unpaired) electrons. The first-order chi connectivity index (χ1) is 8.16. The first-order valence-electron chi connectivity index (χ1n) is 5.15. The zero-order chi connectivity index (χ0) is 12.3. The van der Waals surface area contributed by atoms with Crippen LogP contribution in [0.3, 0.4) is 0 Å². The van der Waals surface area contributed by atoms with Gasteiger partial charge in [0.2, 0.25) is 0 Å². The molecule has 17 heavy (non-hydrogen) atoms. The van der Waals surface area contributed by atoms with Crippen molar-refractivity contribution in [3.05, 3.63) is 44.7 Å². The fourth-order valence-electron chi connectivity index (χ4n) is 1.93. The Hall–Kier alpha value is -1.52. The lowest BCUT2D eigenvalue weighted by atomic mass is 9.91. The number of rotatable bonds is 3. The maximum Gasteiger partial charge on any atom is 0.306 e. The molecule has 1 aromatic rings. The lowest BCUT2D eigenvalue weighted by Gasteiger charge is -2.26. The number of carbonyl (C=O) groups excluding carboxylic acids is 1. The minimum absolute atomic E-state index is 0.136. The fraction of sp³-hybridized carbons (Fsp3) is 0.364. The number of esters is 1. The molecule has 5 nitrogen and oxygen atoms in total. The maximum absolute atomic E-state index is 11.3. The van der Waals surface area contributed by atoms with Crippen molar-refractivity contribution >= 4 is 21.9 Å². The van der Waals surface area contributed by atoms with Crippen molar-refractivity contribution in [2.75, 3.05) is 6.54 Å². The topological polar surface area (TPSA) is 75.1 Å². The van der Waals surface area contributed by atoms with Crippen molar-refractivity contribution in [2.24, 2.45) is 5.11 Å². The summed E-state index contributed by atoms with van der Waals surface area (Å²) in [6.45, 7) is 0.136. The van der Waals surface area contributed by atoms with Gasteiger partial charge in [-0.05, 0) is 23.2 Å². The third-order valence-electron chi connectivity index (χ3n) is 2.80. The van der Waals surface area contributed by atoms with Crippen LogP contribution in [0.5, 0.6) is 0 Å². The summed E-state index contributed by atoms with van der Waals surface area (Å²) in [5.74, 6) is -0.249. The standard InChI is InChI=1S/C11H10BrN3O2/c12-9-3-1-8(2-4-9)11(7-14-15-13)6-5-10(16)17-11/h1-4H,5-7H2. The van der Waals surface area contributed by atoms with E-state index in [0.29, 0.717) is 12.8 Å². The van der Waals surface area contributed by atoms with E-state index in [1.54, 1.807) is 0 Å². The van der Waals surface area contributed by atoms with E-state index >= 15 is 0 Å². The number of carbonyl (C=O) groups is 1. The second-order valence-corrected chi connectivity index (χ2v) is 4.78. The van der Waals surface area contributed by atoms with Crippen LogP contribution in [0.25, 0.3) is 10.4 Å². The number of halogens is 1. The molecule has 0 spiro atoms. The summed E-state index contributed by atoms with van der Waals surface area (Å²) in [6.07, 6.45) is 0.906. The van der Waals surface area contributed by atoms with Gasteiger partial charge >= 0.3 is 5.97 Å². The zero-order valence-electron chi connectivity index (χ0n) is 8.97. The first-order valence-corrected chi connectivity index (χ1v) is 5.94. The van der Waals surface area contributed by atoms with Crippen LogP contribution in [0.4, 0.5) is 0 Å². The number of azide groups is 1. The highest BCUT2D eigenvalue weighted by Crippen LogP contribution is 2.37. The van der Waals surface area contributed by atoms with Crippen LogP contribution < -0.4 is 0 Å². The third kappa shape index (κ3) is 2.43. The Balaban J connectivity index is 2.36. The summed E-state index contributed by atoms with van der Waals surface area (Å²) in [7, 11) is 0. The van der Waals surface area contributed by atoms with Gasteiger partial charge in [0.15, 0.2) is 0 Å². The van der Waals surface area contributed by atoms with Gasteiger partial charge in [0.1, 0.15) is 5.60 Å². The average molecular weight is 296 g/mol. The van der Waals surface area contributed by atoms with E-state index < -0.39 is 5.60 Å². The molecule has 0 aromatic heterocycles. The van der Waals surface area contributed by atoms with Crippen LogP contribution in [-0.2, 0) is 15.1 Å². The predicted molar refractivity (Wildman–Crippen MR) is 65.2 cm³/mol. The van der Waals surface area contributed by atoms with Crippen LogP contribution in [0.2, 0.25) is 0 Å². The van der Waals surface area contributed by atoms with E-state index in [1.807, 2.05) is 24.3 Å². The van der Waals surface area contributed by atoms with Gasteiger partial charge in [-0.15, -0.1) is 0 Å². The summed E-state index contributed by atoms with van der Waals surface area (Å²) in [5, 5.41) is 3.55. The molecular weight excluding hydrogens is 286 g/mol. The van der Waals surface area contributed by atoms with Gasteiger partial charge in [0.05, 0.1) is 6.54 Å². The van der Waals surface area contributed by atoms with Crippen molar-refractivity contribution in [3.8, 4) is 0 Å². The van der Waals surface area contributed by atoms with Crippen LogP contribution in [0.15, 0.2) is 33.9 Å². The average Bonchev–Trinajstić information content (AvgIpc) is 2.70. The lowest BCUT2D eigenvalue weighted by molar-refractivity contribution is -0.148. The molecule has 1 aliphatic rings. The molecule has 0 saturated carbocycles. The van der Waals surface area contributed by atoms with Gasteiger partial charge in [-0.2, -0.15) is 0 Å². The molecule has 0 bridgehead atoms. The lowest BCUT2D eigenvalue weighted by Crippen LogP contribution is -2.29. The first kappa shape index (κ1) is 12.0. The van der Waals surface area contributed by atoms with Gasteiger partial charge < -0.3 is 4.74 Å². The minimum atomic E-state index is -0.788. The van der Waals surface area contributed by atoms with Crippen LogP contribution in [0, 0.1) is 0 Å². The summed E-state index contributed by atoms with van der Waals surface area (Å²) >= 11 is 3.35. The van der Waals surface area contributed by atoms with Gasteiger partial charge in [-0.3, -0.25) is 4.79 Å². The number of hydrogen-bond acceptors (Lipinski definition) is 3. The summed E-state index contributed by atoms with van der Waals surface area (Å²) < 4.78 is 6.31. The molecular formula is C11H10BrN3O2. The van der Waals surface area contributed by atoms with E-state index in [0.717, 1.165) is 10.0 Å². The Bertz CT molecular complexity index is 482. The van der Waals surface area contributed by atoms with E-state index in [4.69, 9.17) is 10.3 Å². The highest BCUT2D eigenvalue weighted by atomic mass is 79.9. The Morgan fingerprint density at radius 2 is 2.18 bits per heavy atom. The second kappa shape index (κ2) is 4.77. The Labute approximate surface area is 107 Å². The molecule has 1 unspecified atom stereocenters. The molecule has 1 atom stereocenters. The van der Waals surface area contributed by atoms with Crippen LogP contribution in [0.1, 0.15) is 18.4 Å². The van der Waals surface area contributed by atoms with E-state index in [-0.39, 0.29) is 12.5 Å². The highest BCUT2D eigenvalue weighted by molar-refractivity contribution is 9.10. The van der Waals surface area contributed by atoms with Crippen molar-refractivity contribution < 1.29 is 9.53 Å².